The van der Waals surface area contributed by atoms with Crippen LogP contribution >= 0.6 is 0 Å². The molecule has 1 aliphatic rings. The molecule has 25 heavy (non-hydrogen) atoms. The zero-order chi connectivity index (χ0) is 18.0. The first-order chi connectivity index (χ1) is 11.9. The molecule has 0 unspecified atom stereocenters. The van der Waals surface area contributed by atoms with E-state index in [1.807, 2.05) is 13.2 Å². The maximum atomic E-state index is 9.55. The van der Waals surface area contributed by atoms with E-state index in [2.05, 4.69) is 36.1 Å². The standard InChI is InChI=1S/C18H30N6O/c1-18(2,3)17-21-15(14-11-20-23(4)16(14)22-17)19-8-10-24-9-6-5-7-13(24)12-25/h11,13,25H,5-10,12H2,1-4H3,(H,19,21,22)/t13-/m0/s1. The molecular weight excluding hydrogens is 316 g/mol. The van der Waals surface area contributed by atoms with Crippen LogP contribution in [-0.4, -0.2) is 62.0 Å². The van der Waals surface area contributed by atoms with Crippen molar-refractivity contribution < 1.29 is 5.11 Å². The molecule has 0 saturated carbocycles. The van der Waals surface area contributed by atoms with Crippen LogP contribution in [0.25, 0.3) is 11.0 Å². The number of piperidine rings is 1. The molecule has 1 fully saturated rings. The number of aliphatic hydroxyl groups excluding tert-OH is 1. The van der Waals surface area contributed by atoms with Gasteiger partial charge in [0.2, 0.25) is 0 Å². The van der Waals surface area contributed by atoms with E-state index < -0.39 is 0 Å². The Balaban J connectivity index is 1.76. The summed E-state index contributed by atoms with van der Waals surface area (Å²) in [6, 6.07) is 0.296. The first-order valence-electron chi connectivity index (χ1n) is 9.19. The Kier molecular flexibility index (Phi) is 5.24. The number of rotatable bonds is 5. The topological polar surface area (TPSA) is 79.1 Å². The monoisotopic (exact) mass is 346 g/mol. The highest BCUT2D eigenvalue weighted by molar-refractivity contribution is 5.86. The summed E-state index contributed by atoms with van der Waals surface area (Å²) < 4.78 is 1.80. The largest absolute Gasteiger partial charge is 0.395 e. The van der Waals surface area contributed by atoms with Gasteiger partial charge in [-0.3, -0.25) is 9.58 Å². The average Bonchev–Trinajstić information content (AvgIpc) is 2.96. The predicted molar refractivity (Wildman–Crippen MR) is 99.8 cm³/mol. The Morgan fingerprint density at radius 3 is 2.80 bits per heavy atom. The van der Waals surface area contributed by atoms with E-state index in [4.69, 9.17) is 9.97 Å². The van der Waals surface area contributed by atoms with E-state index in [1.165, 1.54) is 12.8 Å². The number of hydrogen-bond donors (Lipinski definition) is 2. The van der Waals surface area contributed by atoms with E-state index >= 15 is 0 Å². The normalized spacial score (nSPS) is 19.5. The van der Waals surface area contributed by atoms with Crippen molar-refractivity contribution in [3.05, 3.63) is 12.0 Å². The molecule has 2 aromatic rings. The summed E-state index contributed by atoms with van der Waals surface area (Å²) in [5, 5.41) is 18.3. The zero-order valence-electron chi connectivity index (χ0n) is 15.8. The Morgan fingerprint density at radius 2 is 2.08 bits per heavy atom. The van der Waals surface area contributed by atoms with Crippen molar-refractivity contribution in [2.24, 2.45) is 7.05 Å². The molecule has 1 saturated heterocycles. The van der Waals surface area contributed by atoms with Crippen molar-refractivity contribution in [3.63, 3.8) is 0 Å². The highest BCUT2D eigenvalue weighted by Gasteiger charge is 2.23. The summed E-state index contributed by atoms with van der Waals surface area (Å²) >= 11 is 0. The molecule has 1 atom stereocenters. The molecule has 2 N–H and O–H groups in total. The third-order valence-electron chi connectivity index (χ3n) is 4.91. The van der Waals surface area contributed by atoms with Crippen LogP contribution < -0.4 is 5.32 Å². The number of aliphatic hydroxyl groups is 1. The van der Waals surface area contributed by atoms with Crippen molar-refractivity contribution in [3.8, 4) is 0 Å². The number of nitrogens with one attached hydrogen (secondary N) is 1. The van der Waals surface area contributed by atoms with Crippen LogP contribution in [0.3, 0.4) is 0 Å². The third-order valence-corrected chi connectivity index (χ3v) is 4.91. The maximum Gasteiger partial charge on any atom is 0.163 e. The minimum atomic E-state index is -0.121. The maximum absolute atomic E-state index is 9.55. The molecule has 2 aromatic heterocycles. The molecule has 3 rings (SSSR count). The second-order valence-electron chi connectivity index (χ2n) is 7.95. The van der Waals surface area contributed by atoms with Gasteiger partial charge in [-0.2, -0.15) is 5.10 Å². The van der Waals surface area contributed by atoms with Crippen molar-refractivity contribution in [1.29, 1.82) is 0 Å². The van der Waals surface area contributed by atoms with Crippen LogP contribution in [0.15, 0.2) is 6.20 Å². The molecule has 1 aliphatic heterocycles. The van der Waals surface area contributed by atoms with Gasteiger partial charge in [0.15, 0.2) is 5.65 Å². The molecule has 3 heterocycles. The number of anilines is 1. The fourth-order valence-electron chi connectivity index (χ4n) is 3.37. The van der Waals surface area contributed by atoms with E-state index in [9.17, 15) is 5.11 Å². The predicted octanol–water partition coefficient (Wildman–Crippen LogP) is 1.92. The highest BCUT2D eigenvalue weighted by Crippen LogP contribution is 2.25. The van der Waals surface area contributed by atoms with Gasteiger partial charge in [0.1, 0.15) is 11.6 Å². The molecule has 0 bridgehead atoms. The fraction of sp³-hybridized carbons (Fsp3) is 0.722. The summed E-state index contributed by atoms with van der Waals surface area (Å²) in [6.07, 6.45) is 5.34. The van der Waals surface area contributed by atoms with Crippen molar-refractivity contribution in [2.45, 2.75) is 51.5 Å². The van der Waals surface area contributed by atoms with Crippen LogP contribution in [0.5, 0.6) is 0 Å². The van der Waals surface area contributed by atoms with Gasteiger partial charge in [-0.1, -0.05) is 27.2 Å². The molecule has 7 nitrogen and oxygen atoms in total. The zero-order valence-corrected chi connectivity index (χ0v) is 15.8. The van der Waals surface area contributed by atoms with Gasteiger partial charge >= 0.3 is 0 Å². The lowest BCUT2D eigenvalue weighted by Crippen LogP contribution is -2.44. The highest BCUT2D eigenvalue weighted by atomic mass is 16.3. The van der Waals surface area contributed by atoms with E-state index in [0.29, 0.717) is 6.04 Å². The van der Waals surface area contributed by atoms with Crippen LogP contribution in [0.4, 0.5) is 5.82 Å². The third kappa shape index (κ3) is 3.93. The summed E-state index contributed by atoms with van der Waals surface area (Å²) in [5.41, 5.74) is 0.734. The van der Waals surface area contributed by atoms with E-state index in [-0.39, 0.29) is 12.0 Å². The fourth-order valence-corrected chi connectivity index (χ4v) is 3.37. The molecule has 0 spiro atoms. The SMILES string of the molecule is Cn1ncc2c(NCCN3CCCC[C@H]3CO)nc(C(C)(C)C)nc21. The minimum absolute atomic E-state index is 0.121. The summed E-state index contributed by atoms with van der Waals surface area (Å²) in [6.45, 7) is 9.36. The van der Waals surface area contributed by atoms with Gasteiger partial charge in [-0.25, -0.2) is 9.97 Å². The number of hydrogen-bond acceptors (Lipinski definition) is 6. The number of aromatic nitrogens is 4. The van der Waals surface area contributed by atoms with Crippen LogP contribution in [0.1, 0.15) is 45.9 Å². The van der Waals surface area contributed by atoms with E-state index in [0.717, 1.165) is 48.7 Å². The van der Waals surface area contributed by atoms with Gasteiger partial charge in [-0.05, 0) is 19.4 Å². The van der Waals surface area contributed by atoms with Gasteiger partial charge in [0.05, 0.1) is 18.2 Å². The first kappa shape index (κ1) is 18.1. The molecule has 7 heteroatoms. The lowest BCUT2D eigenvalue weighted by Gasteiger charge is -2.34. The molecular formula is C18H30N6O. The summed E-state index contributed by atoms with van der Waals surface area (Å²) in [7, 11) is 1.91. The Morgan fingerprint density at radius 1 is 1.28 bits per heavy atom. The second kappa shape index (κ2) is 7.25. The Bertz CT molecular complexity index is 720. The summed E-state index contributed by atoms with van der Waals surface area (Å²) in [4.78, 5) is 11.8. The van der Waals surface area contributed by atoms with Gasteiger partial charge < -0.3 is 10.4 Å². The first-order valence-corrected chi connectivity index (χ1v) is 9.19. The Labute approximate surface area is 149 Å². The van der Waals surface area contributed by atoms with Crippen molar-refractivity contribution in [2.75, 3.05) is 31.6 Å². The number of fused-ring (bicyclic) bond motifs is 1. The minimum Gasteiger partial charge on any atom is -0.395 e. The second-order valence-corrected chi connectivity index (χ2v) is 7.95. The average molecular weight is 346 g/mol. The van der Waals surface area contributed by atoms with Crippen LogP contribution in [0.2, 0.25) is 0 Å². The Hall–Kier alpha value is -1.73. The van der Waals surface area contributed by atoms with Gasteiger partial charge in [0, 0.05) is 31.6 Å². The molecule has 138 valence electrons. The number of aryl methyl sites for hydroxylation is 1. The smallest absolute Gasteiger partial charge is 0.163 e. The quantitative estimate of drug-likeness (QED) is 0.861. The van der Waals surface area contributed by atoms with E-state index in [1.54, 1.807) is 4.68 Å². The number of nitrogens with zero attached hydrogens (tertiary/aromatic N) is 5. The van der Waals surface area contributed by atoms with Gasteiger partial charge in [-0.15, -0.1) is 0 Å². The van der Waals surface area contributed by atoms with Crippen molar-refractivity contribution in [1.82, 2.24) is 24.6 Å². The number of likely N-dealkylation sites (tertiary alicyclic amines) is 1. The van der Waals surface area contributed by atoms with Crippen LogP contribution in [-0.2, 0) is 12.5 Å². The lowest BCUT2D eigenvalue weighted by molar-refractivity contribution is 0.0940. The lowest BCUT2D eigenvalue weighted by atomic mass is 9.95. The molecule has 0 amide bonds. The summed E-state index contributed by atoms with van der Waals surface area (Å²) in [5.74, 6) is 1.66. The molecule has 0 aliphatic carbocycles. The molecule has 0 radical (unpaired) electrons. The van der Waals surface area contributed by atoms with Crippen LogP contribution in [0, 0.1) is 0 Å². The van der Waals surface area contributed by atoms with Crippen molar-refractivity contribution >= 4 is 16.9 Å². The molecule has 0 aromatic carbocycles. The van der Waals surface area contributed by atoms with Gasteiger partial charge in [0.25, 0.3) is 0 Å².